The minimum Gasteiger partial charge on any atom is -0.469 e. The zero-order valence-corrected chi connectivity index (χ0v) is 13.2. The van der Waals surface area contributed by atoms with Crippen molar-refractivity contribution in [2.45, 2.75) is 13.0 Å². The number of ketones is 1. The Kier molecular flexibility index (Phi) is 4.79. The molecule has 0 radical (unpaired) electrons. The lowest BCUT2D eigenvalue weighted by Gasteiger charge is -1.99. The SMILES string of the molecule is COC(=O)Cc1nn(C)n[n+]1CC(=O)c1ccc(Br)cc1. The zero-order chi connectivity index (χ0) is 15.4. The molecule has 0 saturated heterocycles. The molecule has 110 valence electrons. The van der Waals surface area contributed by atoms with Crippen LogP contribution >= 0.6 is 15.9 Å². The predicted molar refractivity (Wildman–Crippen MR) is 75.4 cm³/mol. The van der Waals surface area contributed by atoms with Gasteiger partial charge in [0.25, 0.3) is 0 Å². The van der Waals surface area contributed by atoms with Gasteiger partial charge in [0.05, 0.1) is 17.4 Å². The van der Waals surface area contributed by atoms with Gasteiger partial charge in [-0.1, -0.05) is 28.1 Å². The van der Waals surface area contributed by atoms with E-state index in [0.717, 1.165) is 4.47 Å². The van der Waals surface area contributed by atoms with Crippen LogP contribution in [-0.2, 0) is 29.5 Å². The first-order valence-corrected chi connectivity index (χ1v) is 6.95. The van der Waals surface area contributed by atoms with Gasteiger partial charge in [0.2, 0.25) is 0 Å². The molecule has 0 spiro atoms. The summed E-state index contributed by atoms with van der Waals surface area (Å²) in [7, 11) is 2.93. The summed E-state index contributed by atoms with van der Waals surface area (Å²) >= 11 is 3.32. The van der Waals surface area contributed by atoms with E-state index >= 15 is 0 Å². The summed E-state index contributed by atoms with van der Waals surface area (Å²) in [5.74, 6) is -0.158. The van der Waals surface area contributed by atoms with Crippen LogP contribution in [0.25, 0.3) is 0 Å². The lowest BCUT2D eigenvalue weighted by molar-refractivity contribution is -0.749. The maximum Gasteiger partial charge on any atom is 0.316 e. The molecule has 1 aromatic carbocycles. The molecular weight excluding hydrogens is 340 g/mol. The number of methoxy groups -OCH3 is 1. The molecule has 0 N–H and O–H groups in total. The molecular formula is C13H14BrN4O3+. The fraction of sp³-hybridized carbons (Fsp3) is 0.308. The summed E-state index contributed by atoms with van der Waals surface area (Å²) < 4.78 is 6.91. The van der Waals surface area contributed by atoms with Gasteiger partial charge in [0, 0.05) is 10.0 Å². The van der Waals surface area contributed by atoms with E-state index in [1.807, 2.05) is 0 Å². The van der Waals surface area contributed by atoms with Crippen LogP contribution in [-0.4, -0.2) is 34.0 Å². The van der Waals surface area contributed by atoms with Crippen molar-refractivity contribution in [1.82, 2.24) is 15.1 Å². The van der Waals surface area contributed by atoms with Crippen molar-refractivity contribution >= 4 is 27.7 Å². The van der Waals surface area contributed by atoms with E-state index in [1.165, 1.54) is 16.6 Å². The first-order chi connectivity index (χ1) is 9.99. The van der Waals surface area contributed by atoms with E-state index in [1.54, 1.807) is 31.3 Å². The molecule has 0 aliphatic rings. The molecule has 1 aromatic heterocycles. The Morgan fingerprint density at radius 1 is 1.33 bits per heavy atom. The van der Waals surface area contributed by atoms with Crippen molar-refractivity contribution in [3.8, 4) is 0 Å². The third-order valence-electron chi connectivity index (χ3n) is 2.79. The van der Waals surface area contributed by atoms with E-state index in [0.29, 0.717) is 11.4 Å². The summed E-state index contributed by atoms with van der Waals surface area (Å²) in [5, 5.41) is 8.13. The van der Waals surface area contributed by atoms with Gasteiger partial charge in [-0.3, -0.25) is 9.59 Å². The normalized spacial score (nSPS) is 10.4. The Bertz CT molecular complexity index is 667. The topological polar surface area (TPSA) is 78.0 Å². The number of rotatable bonds is 5. The monoisotopic (exact) mass is 353 g/mol. The number of Topliss-reactive ketones (excluding diaryl/α,β-unsaturated/α-hetero) is 1. The van der Waals surface area contributed by atoms with Gasteiger partial charge < -0.3 is 4.74 Å². The molecule has 7 nitrogen and oxygen atoms in total. The second kappa shape index (κ2) is 6.57. The number of hydrogen-bond donors (Lipinski definition) is 0. The average molecular weight is 354 g/mol. The van der Waals surface area contributed by atoms with Gasteiger partial charge in [0.15, 0.2) is 12.3 Å². The number of carbonyl (C=O) groups excluding carboxylic acids is 2. The smallest absolute Gasteiger partial charge is 0.316 e. The van der Waals surface area contributed by atoms with Gasteiger partial charge >= 0.3 is 11.8 Å². The number of halogens is 1. The summed E-state index contributed by atoms with van der Waals surface area (Å²) in [5.41, 5.74) is 0.570. The number of aromatic nitrogens is 4. The average Bonchev–Trinajstić information content (AvgIpc) is 2.79. The standard InChI is InChI=1S/C13H14BrN4O3/c1-17-15-12(7-13(20)21-2)18(16-17)8-11(19)9-3-5-10(14)6-4-9/h3-6H,7-8H2,1-2H3/q+1. The Morgan fingerprint density at radius 3 is 2.62 bits per heavy atom. The number of tetrazole rings is 1. The van der Waals surface area contributed by atoms with Crippen LogP contribution in [0, 0.1) is 0 Å². The van der Waals surface area contributed by atoms with Crippen LogP contribution < -0.4 is 4.68 Å². The molecule has 0 aliphatic carbocycles. The predicted octanol–water partition coefficient (Wildman–Crippen LogP) is 0.463. The molecule has 0 saturated carbocycles. The number of nitrogens with zero attached hydrogens (tertiary/aromatic N) is 4. The number of hydrogen-bond acceptors (Lipinski definition) is 5. The molecule has 2 aromatic rings. The Labute approximate surface area is 129 Å². The van der Waals surface area contributed by atoms with E-state index < -0.39 is 5.97 Å². The lowest BCUT2D eigenvalue weighted by atomic mass is 10.1. The van der Waals surface area contributed by atoms with Gasteiger partial charge in [-0.15, -0.1) is 4.68 Å². The minimum atomic E-state index is -0.430. The second-order valence-electron chi connectivity index (χ2n) is 4.34. The Morgan fingerprint density at radius 2 is 2.00 bits per heavy atom. The van der Waals surface area contributed by atoms with Crippen LogP contribution in [0.4, 0.5) is 0 Å². The highest BCUT2D eigenvalue weighted by atomic mass is 79.9. The second-order valence-corrected chi connectivity index (χ2v) is 5.25. The number of esters is 1. The number of benzene rings is 1. The third-order valence-corrected chi connectivity index (χ3v) is 3.31. The molecule has 2 rings (SSSR count). The van der Waals surface area contributed by atoms with Crippen LogP contribution in [0.15, 0.2) is 28.7 Å². The van der Waals surface area contributed by atoms with Crippen molar-refractivity contribution < 1.29 is 19.0 Å². The van der Waals surface area contributed by atoms with Crippen LogP contribution in [0.2, 0.25) is 0 Å². The molecule has 0 amide bonds. The summed E-state index contributed by atoms with van der Waals surface area (Å²) in [6.07, 6.45) is -0.0298. The quantitative estimate of drug-likeness (QED) is 0.443. The third kappa shape index (κ3) is 3.94. The van der Waals surface area contributed by atoms with Crippen molar-refractivity contribution in [1.29, 1.82) is 0 Å². The highest BCUT2D eigenvalue weighted by Gasteiger charge is 2.23. The maximum atomic E-state index is 12.2. The van der Waals surface area contributed by atoms with Crippen molar-refractivity contribution in [2.75, 3.05) is 7.11 Å². The molecule has 1 heterocycles. The lowest BCUT2D eigenvalue weighted by Crippen LogP contribution is -2.44. The van der Waals surface area contributed by atoms with Gasteiger partial charge in [0.1, 0.15) is 13.5 Å². The Balaban J connectivity index is 2.17. The Hall–Kier alpha value is -2.09. The van der Waals surface area contributed by atoms with E-state index in [4.69, 9.17) is 0 Å². The maximum absolute atomic E-state index is 12.2. The van der Waals surface area contributed by atoms with Crippen LogP contribution in [0.3, 0.4) is 0 Å². The molecule has 0 unspecified atom stereocenters. The number of carbonyl (C=O) groups is 2. The van der Waals surface area contributed by atoms with Gasteiger partial charge in [-0.2, -0.15) is 0 Å². The molecule has 0 fully saturated rings. The minimum absolute atomic E-state index is 0.0157. The number of ether oxygens (including phenoxy) is 1. The largest absolute Gasteiger partial charge is 0.469 e. The highest BCUT2D eigenvalue weighted by molar-refractivity contribution is 9.10. The number of aryl methyl sites for hydroxylation is 1. The fourth-order valence-electron chi connectivity index (χ4n) is 1.76. The molecule has 8 heteroatoms. The van der Waals surface area contributed by atoms with Crippen LogP contribution in [0.5, 0.6) is 0 Å². The summed E-state index contributed by atoms with van der Waals surface area (Å²) in [6, 6.07) is 7.04. The fourth-order valence-corrected chi connectivity index (χ4v) is 2.02. The van der Waals surface area contributed by atoms with Gasteiger partial charge in [-0.05, 0) is 16.9 Å². The van der Waals surface area contributed by atoms with E-state index in [9.17, 15) is 9.59 Å². The van der Waals surface area contributed by atoms with Crippen molar-refractivity contribution in [3.05, 3.63) is 40.1 Å². The van der Waals surface area contributed by atoms with Crippen molar-refractivity contribution in [3.63, 3.8) is 0 Å². The summed E-state index contributed by atoms with van der Waals surface area (Å²) in [6.45, 7) is 0.0157. The van der Waals surface area contributed by atoms with Crippen LogP contribution in [0.1, 0.15) is 16.2 Å². The molecule has 0 aliphatic heterocycles. The van der Waals surface area contributed by atoms with Gasteiger partial charge in [-0.25, -0.2) is 0 Å². The van der Waals surface area contributed by atoms with E-state index in [2.05, 4.69) is 31.0 Å². The van der Waals surface area contributed by atoms with Crippen molar-refractivity contribution in [2.24, 2.45) is 7.05 Å². The molecule has 21 heavy (non-hydrogen) atoms. The zero-order valence-electron chi connectivity index (χ0n) is 11.6. The molecule has 0 bridgehead atoms. The molecule has 0 atom stereocenters. The summed E-state index contributed by atoms with van der Waals surface area (Å²) in [4.78, 5) is 24.9. The highest BCUT2D eigenvalue weighted by Crippen LogP contribution is 2.10. The first kappa shape index (κ1) is 15.3. The van der Waals surface area contributed by atoms with E-state index in [-0.39, 0.29) is 18.7 Å². The first-order valence-electron chi connectivity index (χ1n) is 6.15.